The van der Waals surface area contributed by atoms with E-state index in [-0.39, 0.29) is 13.0 Å². The van der Waals surface area contributed by atoms with Gasteiger partial charge in [-0.05, 0) is 56.5 Å². The number of nitrogens with zero attached hydrogens (tertiary/aromatic N) is 4. The van der Waals surface area contributed by atoms with E-state index in [4.69, 9.17) is 14.7 Å². The minimum atomic E-state index is -0.565. The molecule has 3 aromatic rings. The maximum atomic E-state index is 13.1. The second-order valence-electron chi connectivity index (χ2n) is 7.04. The minimum Gasteiger partial charge on any atom is -0.477 e. The Morgan fingerprint density at radius 2 is 1.94 bits per heavy atom. The fourth-order valence-electron chi connectivity index (χ4n) is 3.52. The molecule has 0 aliphatic carbocycles. The molecule has 7 heteroatoms. The van der Waals surface area contributed by atoms with Crippen LogP contribution in [-0.4, -0.2) is 29.2 Å². The monoisotopic (exact) mass is 414 g/mol. The predicted octanol–water partition coefficient (Wildman–Crippen LogP) is 4.56. The van der Waals surface area contributed by atoms with Crippen LogP contribution in [0.25, 0.3) is 22.0 Å². The number of carbonyl (C=O) groups is 1. The lowest BCUT2D eigenvalue weighted by molar-refractivity contribution is 0.0513. The fraction of sp³-hybridized carbons (Fsp3) is 0.292. The van der Waals surface area contributed by atoms with E-state index in [1.165, 1.54) is 0 Å². The van der Waals surface area contributed by atoms with E-state index in [2.05, 4.69) is 16.0 Å². The first-order valence-corrected chi connectivity index (χ1v) is 9.90. The Labute approximate surface area is 180 Å². The van der Waals surface area contributed by atoms with Crippen LogP contribution in [0, 0.1) is 43.4 Å². The number of nitriles is 2. The topological polar surface area (TPSA) is 109 Å². The summed E-state index contributed by atoms with van der Waals surface area (Å²) < 4.78 is 11.2. The van der Waals surface area contributed by atoms with Gasteiger partial charge in [0.1, 0.15) is 6.61 Å². The van der Waals surface area contributed by atoms with E-state index < -0.39 is 5.97 Å². The Morgan fingerprint density at radius 3 is 2.58 bits per heavy atom. The van der Waals surface area contributed by atoms with E-state index in [0.717, 1.165) is 16.7 Å². The quantitative estimate of drug-likeness (QED) is 0.429. The number of aryl methyl sites for hydroxylation is 3. The van der Waals surface area contributed by atoms with Crippen LogP contribution in [0.5, 0.6) is 5.88 Å². The van der Waals surface area contributed by atoms with Crippen LogP contribution >= 0.6 is 0 Å². The van der Waals surface area contributed by atoms with Crippen LogP contribution < -0.4 is 4.74 Å². The van der Waals surface area contributed by atoms with Crippen molar-refractivity contribution in [2.24, 2.45) is 0 Å². The summed E-state index contributed by atoms with van der Waals surface area (Å²) in [6.07, 6.45) is 1.79. The van der Waals surface area contributed by atoms with Gasteiger partial charge in [0.25, 0.3) is 0 Å². The SMILES string of the molecule is CCOc1ncc(C)c2nc(C)c(C(=O)OCCC#N)c(-c3ccc(C#N)cc3C)c12. The number of hydrogen-bond donors (Lipinski definition) is 0. The molecule has 0 aliphatic rings. The third kappa shape index (κ3) is 4.17. The number of ether oxygens (including phenoxy) is 2. The van der Waals surface area contributed by atoms with Crippen LogP contribution in [0.15, 0.2) is 24.4 Å². The number of aromatic nitrogens is 2. The molecule has 2 aromatic heterocycles. The third-order valence-electron chi connectivity index (χ3n) is 4.90. The van der Waals surface area contributed by atoms with Gasteiger partial charge in [-0.3, -0.25) is 4.98 Å². The zero-order valence-electron chi connectivity index (χ0n) is 17.9. The van der Waals surface area contributed by atoms with Crippen molar-refractivity contribution < 1.29 is 14.3 Å². The summed E-state index contributed by atoms with van der Waals surface area (Å²) in [6.45, 7) is 7.78. The van der Waals surface area contributed by atoms with Gasteiger partial charge in [-0.15, -0.1) is 0 Å². The molecule has 0 unspecified atom stereocenters. The van der Waals surface area contributed by atoms with Crippen LogP contribution in [0.2, 0.25) is 0 Å². The number of esters is 1. The second kappa shape index (κ2) is 9.23. The number of fused-ring (bicyclic) bond motifs is 1. The standard InChI is InChI=1S/C24H22N4O3/c1-5-30-23-21-20(18-8-7-17(12-26)11-14(18)2)19(24(29)31-10-6-9-25)16(4)28-22(21)15(3)13-27-23/h7-8,11,13H,5-6,10H2,1-4H3. The van der Waals surface area contributed by atoms with Gasteiger partial charge in [-0.2, -0.15) is 10.5 Å². The highest BCUT2D eigenvalue weighted by Crippen LogP contribution is 2.40. The lowest BCUT2D eigenvalue weighted by atomic mass is 9.90. The van der Waals surface area contributed by atoms with Crippen LogP contribution in [-0.2, 0) is 4.74 Å². The van der Waals surface area contributed by atoms with Crippen LogP contribution in [0.4, 0.5) is 0 Å². The smallest absolute Gasteiger partial charge is 0.340 e. The van der Waals surface area contributed by atoms with Gasteiger partial charge in [0, 0.05) is 11.8 Å². The molecule has 0 amide bonds. The van der Waals surface area contributed by atoms with Crippen molar-refractivity contribution in [3.63, 3.8) is 0 Å². The summed E-state index contributed by atoms with van der Waals surface area (Å²) in [7, 11) is 0. The number of pyridine rings is 2. The first-order chi connectivity index (χ1) is 14.9. The van der Waals surface area contributed by atoms with Gasteiger partial charge in [-0.1, -0.05) is 6.07 Å². The molecule has 7 nitrogen and oxygen atoms in total. The Hall–Kier alpha value is -3.97. The summed E-state index contributed by atoms with van der Waals surface area (Å²) in [6, 6.07) is 9.39. The van der Waals surface area contributed by atoms with Crippen molar-refractivity contribution in [3.05, 3.63) is 52.3 Å². The third-order valence-corrected chi connectivity index (χ3v) is 4.90. The Kier molecular flexibility index (Phi) is 6.47. The Bertz CT molecular complexity index is 1250. The van der Waals surface area contributed by atoms with Crippen LogP contribution in [0.3, 0.4) is 0 Å². The molecule has 0 saturated carbocycles. The Balaban J connectivity index is 2.43. The molecular formula is C24H22N4O3. The van der Waals surface area contributed by atoms with Crippen molar-refractivity contribution in [2.75, 3.05) is 13.2 Å². The molecule has 0 spiro atoms. The van der Waals surface area contributed by atoms with Gasteiger partial charge < -0.3 is 9.47 Å². The van der Waals surface area contributed by atoms with Gasteiger partial charge in [-0.25, -0.2) is 9.78 Å². The average molecular weight is 414 g/mol. The lowest BCUT2D eigenvalue weighted by Crippen LogP contribution is -2.13. The summed E-state index contributed by atoms with van der Waals surface area (Å²) in [5.41, 5.74) is 5.04. The van der Waals surface area contributed by atoms with Gasteiger partial charge in [0.05, 0.1) is 52.9 Å². The van der Waals surface area contributed by atoms with E-state index in [1.807, 2.05) is 32.9 Å². The van der Waals surface area contributed by atoms with Crippen molar-refractivity contribution >= 4 is 16.9 Å². The first-order valence-electron chi connectivity index (χ1n) is 9.90. The molecule has 0 N–H and O–H groups in total. The largest absolute Gasteiger partial charge is 0.477 e. The molecule has 3 rings (SSSR count). The summed E-state index contributed by atoms with van der Waals surface area (Å²) in [4.78, 5) is 22.2. The van der Waals surface area contributed by atoms with E-state index in [9.17, 15) is 10.1 Å². The van der Waals surface area contributed by atoms with Gasteiger partial charge in [0.2, 0.25) is 5.88 Å². The molecule has 156 valence electrons. The zero-order valence-corrected chi connectivity index (χ0v) is 17.9. The number of benzene rings is 1. The lowest BCUT2D eigenvalue weighted by Gasteiger charge is -2.19. The molecule has 2 heterocycles. The van der Waals surface area contributed by atoms with Crippen molar-refractivity contribution in [1.29, 1.82) is 10.5 Å². The van der Waals surface area contributed by atoms with Gasteiger partial charge in [0.15, 0.2) is 0 Å². The van der Waals surface area contributed by atoms with Gasteiger partial charge >= 0.3 is 5.97 Å². The first kappa shape index (κ1) is 21.7. The van der Waals surface area contributed by atoms with Crippen LogP contribution in [0.1, 0.15) is 46.1 Å². The molecular weight excluding hydrogens is 392 g/mol. The molecule has 0 bridgehead atoms. The molecule has 1 aromatic carbocycles. The number of carbonyl (C=O) groups excluding carboxylic acids is 1. The van der Waals surface area contributed by atoms with E-state index >= 15 is 0 Å². The van der Waals surface area contributed by atoms with Crippen molar-refractivity contribution in [2.45, 2.75) is 34.1 Å². The normalized spacial score (nSPS) is 10.4. The second-order valence-corrected chi connectivity index (χ2v) is 7.04. The minimum absolute atomic E-state index is 0.0109. The highest BCUT2D eigenvalue weighted by atomic mass is 16.5. The average Bonchev–Trinajstić information content (AvgIpc) is 2.75. The molecule has 0 fully saturated rings. The maximum absolute atomic E-state index is 13.1. The Morgan fingerprint density at radius 1 is 1.16 bits per heavy atom. The molecule has 0 atom stereocenters. The molecule has 31 heavy (non-hydrogen) atoms. The fourth-order valence-corrected chi connectivity index (χ4v) is 3.52. The summed E-state index contributed by atoms with van der Waals surface area (Å²) in [5, 5.41) is 18.7. The number of rotatable bonds is 6. The zero-order chi connectivity index (χ0) is 22.5. The highest BCUT2D eigenvalue weighted by molar-refractivity contribution is 6.10. The maximum Gasteiger partial charge on any atom is 0.340 e. The van der Waals surface area contributed by atoms with Crippen molar-refractivity contribution in [1.82, 2.24) is 9.97 Å². The molecule has 0 aliphatic heterocycles. The molecule has 0 radical (unpaired) electrons. The highest BCUT2D eigenvalue weighted by Gasteiger charge is 2.26. The molecule has 0 saturated heterocycles. The number of hydrogen-bond acceptors (Lipinski definition) is 7. The summed E-state index contributed by atoms with van der Waals surface area (Å²) in [5.74, 6) is -0.190. The van der Waals surface area contributed by atoms with E-state index in [1.54, 1.807) is 25.3 Å². The van der Waals surface area contributed by atoms with Crippen molar-refractivity contribution in [3.8, 4) is 29.1 Å². The predicted molar refractivity (Wildman–Crippen MR) is 116 cm³/mol. The van der Waals surface area contributed by atoms with E-state index in [0.29, 0.717) is 45.8 Å². The summed E-state index contributed by atoms with van der Waals surface area (Å²) >= 11 is 0.